The van der Waals surface area contributed by atoms with Gasteiger partial charge in [-0.2, -0.15) is 5.10 Å². The number of phenolic OH excluding ortho intramolecular Hbond substituents is 1. The second-order valence-electron chi connectivity index (χ2n) is 6.65. The number of aromatic hydroxyl groups is 1. The van der Waals surface area contributed by atoms with E-state index < -0.39 is 0 Å². The summed E-state index contributed by atoms with van der Waals surface area (Å²) in [6.45, 7) is 1.95. The molecule has 5 nitrogen and oxygen atoms in total. The van der Waals surface area contributed by atoms with Crippen LogP contribution in [0.3, 0.4) is 0 Å². The Morgan fingerprint density at radius 3 is 2.43 bits per heavy atom. The topological polar surface area (TPSA) is 62.8 Å². The van der Waals surface area contributed by atoms with Crippen LogP contribution in [0, 0.1) is 0 Å². The molecule has 0 bridgehead atoms. The number of aliphatic imine (C=N–C) groups is 1. The molecule has 3 aromatic carbocycles. The van der Waals surface area contributed by atoms with Crippen molar-refractivity contribution in [1.29, 1.82) is 0 Å². The predicted molar refractivity (Wildman–Crippen MR) is 125 cm³/mol. The Bertz CT molecular complexity index is 1210. The van der Waals surface area contributed by atoms with Crippen molar-refractivity contribution in [2.45, 2.75) is 6.92 Å². The fourth-order valence-electron chi connectivity index (χ4n) is 2.93. The van der Waals surface area contributed by atoms with Gasteiger partial charge in [0.05, 0.1) is 17.6 Å². The van der Waals surface area contributed by atoms with Crippen LogP contribution in [0.2, 0.25) is 0 Å². The summed E-state index contributed by atoms with van der Waals surface area (Å²) < 4.78 is 2.52. The van der Waals surface area contributed by atoms with Crippen molar-refractivity contribution in [3.8, 4) is 17.0 Å². The zero-order chi connectivity index (χ0) is 20.9. The number of phenols is 1. The third kappa shape index (κ3) is 4.55. The van der Waals surface area contributed by atoms with E-state index in [2.05, 4.69) is 25.9 Å². The molecule has 0 atom stereocenters. The molecule has 4 aromatic rings. The Balaban J connectivity index is 1.77. The fraction of sp³-hybridized carbons (Fsp3) is 0.0417. The number of benzene rings is 3. The maximum atomic E-state index is 10.1. The summed E-state index contributed by atoms with van der Waals surface area (Å²) in [5.74, 6) is 0.566. The van der Waals surface area contributed by atoms with Gasteiger partial charge in [-0.15, -0.1) is 0 Å². The summed E-state index contributed by atoms with van der Waals surface area (Å²) in [6.07, 6.45) is 3.44. The minimum atomic E-state index is 0.146. The molecule has 148 valence electrons. The molecule has 0 radical (unpaired) electrons. The van der Waals surface area contributed by atoms with Crippen LogP contribution < -0.4 is 0 Å². The van der Waals surface area contributed by atoms with Crippen molar-refractivity contribution in [1.82, 2.24) is 9.66 Å². The van der Waals surface area contributed by atoms with Crippen LogP contribution in [0.25, 0.3) is 11.3 Å². The van der Waals surface area contributed by atoms with Gasteiger partial charge in [-0.05, 0) is 30.7 Å². The van der Waals surface area contributed by atoms with Crippen LogP contribution in [0.15, 0.2) is 99.6 Å². The molecule has 0 amide bonds. The van der Waals surface area contributed by atoms with Gasteiger partial charge in [0.25, 0.3) is 5.95 Å². The summed E-state index contributed by atoms with van der Waals surface area (Å²) in [5.41, 5.74) is 4.20. The van der Waals surface area contributed by atoms with E-state index in [0.29, 0.717) is 11.5 Å². The molecule has 1 heterocycles. The first-order valence-electron chi connectivity index (χ1n) is 9.38. The van der Waals surface area contributed by atoms with E-state index >= 15 is 0 Å². The molecule has 30 heavy (non-hydrogen) atoms. The normalized spacial score (nSPS) is 11.9. The lowest BCUT2D eigenvalue weighted by Gasteiger charge is -2.02. The highest BCUT2D eigenvalue weighted by Crippen LogP contribution is 2.24. The number of hydrogen-bond acceptors (Lipinski definition) is 4. The fourth-order valence-corrected chi connectivity index (χ4v) is 3.30. The molecule has 0 aliphatic carbocycles. The van der Waals surface area contributed by atoms with E-state index in [1.165, 1.54) is 0 Å². The molecule has 0 fully saturated rings. The van der Waals surface area contributed by atoms with Crippen LogP contribution in [0.1, 0.15) is 18.1 Å². The molecule has 6 heteroatoms. The lowest BCUT2D eigenvalue weighted by atomic mass is 10.1. The summed E-state index contributed by atoms with van der Waals surface area (Å²) >= 11 is 3.41. The Hall–Kier alpha value is -3.51. The van der Waals surface area contributed by atoms with E-state index in [-0.39, 0.29) is 5.75 Å². The second kappa shape index (κ2) is 8.88. The van der Waals surface area contributed by atoms with Gasteiger partial charge in [-0.25, -0.2) is 14.7 Å². The van der Waals surface area contributed by atoms with Crippen LogP contribution in [0.4, 0.5) is 5.95 Å². The summed E-state index contributed by atoms with van der Waals surface area (Å²) in [6, 6.07) is 25.0. The monoisotopic (exact) mass is 458 g/mol. The van der Waals surface area contributed by atoms with Gasteiger partial charge in [0.2, 0.25) is 0 Å². The van der Waals surface area contributed by atoms with Gasteiger partial charge < -0.3 is 5.11 Å². The van der Waals surface area contributed by atoms with Gasteiger partial charge in [-0.1, -0.05) is 76.6 Å². The highest BCUT2D eigenvalue weighted by atomic mass is 79.9. The molecule has 0 saturated carbocycles. The van der Waals surface area contributed by atoms with Crippen LogP contribution in [-0.4, -0.2) is 26.7 Å². The van der Waals surface area contributed by atoms with E-state index in [4.69, 9.17) is 5.10 Å². The molecule has 1 N–H and O–H groups in total. The van der Waals surface area contributed by atoms with Gasteiger partial charge in [0.1, 0.15) is 5.75 Å². The zero-order valence-corrected chi connectivity index (χ0v) is 17.9. The Morgan fingerprint density at radius 2 is 1.70 bits per heavy atom. The maximum Gasteiger partial charge on any atom is 0.251 e. The van der Waals surface area contributed by atoms with Gasteiger partial charge in [-0.3, -0.25) is 0 Å². The third-order valence-electron chi connectivity index (χ3n) is 4.50. The van der Waals surface area contributed by atoms with Gasteiger partial charge in [0.15, 0.2) is 0 Å². The molecule has 0 aliphatic heterocycles. The Kier molecular flexibility index (Phi) is 5.86. The molecule has 4 rings (SSSR count). The van der Waals surface area contributed by atoms with Crippen molar-refractivity contribution in [2.24, 2.45) is 10.1 Å². The number of aromatic nitrogens is 2. The summed E-state index contributed by atoms with van der Waals surface area (Å²) in [4.78, 5) is 9.17. The molecule has 0 aliphatic rings. The molecule has 0 saturated heterocycles. The maximum absolute atomic E-state index is 10.1. The number of imidazole rings is 1. The SMILES string of the molecule is C/C(=N/n1cc(-c2ccccc2)nc1N=Cc1cc(Br)ccc1O)c1ccccc1. The third-order valence-corrected chi connectivity index (χ3v) is 4.99. The van der Waals surface area contributed by atoms with Crippen molar-refractivity contribution in [3.05, 3.63) is 101 Å². The molecule has 0 unspecified atom stereocenters. The second-order valence-corrected chi connectivity index (χ2v) is 7.57. The highest BCUT2D eigenvalue weighted by molar-refractivity contribution is 9.10. The largest absolute Gasteiger partial charge is 0.507 e. The Morgan fingerprint density at radius 1 is 1.00 bits per heavy atom. The van der Waals surface area contributed by atoms with Crippen molar-refractivity contribution >= 4 is 33.8 Å². The molecular weight excluding hydrogens is 440 g/mol. The minimum absolute atomic E-state index is 0.146. The van der Waals surface area contributed by atoms with Gasteiger partial charge in [0, 0.05) is 21.8 Å². The standard InChI is InChI=1S/C24H19BrN4O/c1-17(18-8-4-2-5-9-18)28-29-16-22(19-10-6-3-7-11-19)27-24(29)26-15-20-14-21(25)12-13-23(20)30/h2-16,30H,1H3/b26-15?,28-17-. The van der Waals surface area contributed by atoms with Crippen LogP contribution in [-0.2, 0) is 0 Å². The average Bonchev–Trinajstić information content (AvgIpc) is 3.18. The van der Waals surface area contributed by atoms with Crippen molar-refractivity contribution < 1.29 is 5.11 Å². The van der Waals surface area contributed by atoms with Crippen LogP contribution >= 0.6 is 15.9 Å². The van der Waals surface area contributed by atoms with Gasteiger partial charge >= 0.3 is 0 Å². The minimum Gasteiger partial charge on any atom is -0.507 e. The highest BCUT2D eigenvalue weighted by Gasteiger charge is 2.10. The predicted octanol–water partition coefficient (Wildman–Crippen LogP) is 6.04. The number of nitrogens with zero attached hydrogens (tertiary/aromatic N) is 4. The van der Waals surface area contributed by atoms with E-state index in [1.807, 2.05) is 73.8 Å². The molecule has 1 aromatic heterocycles. The zero-order valence-electron chi connectivity index (χ0n) is 16.3. The molecule has 0 spiro atoms. The number of hydrogen-bond donors (Lipinski definition) is 1. The lowest BCUT2D eigenvalue weighted by Crippen LogP contribution is -1.98. The van der Waals surface area contributed by atoms with E-state index in [9.17, 15) is 5.11 Å². The average molecular weight is 459 g/mol. The first-order chi connectivity index (χ1) is 14.6. The Labute approximate surface area is 183 Å². The van der Waals surface area contributed by atoms with E-state index in [1.54, 1.807) is 29.1 Å². The quantitative estimate of drug-likeness (QED) is 0.370. The first kappa shape index (κ1) is 19.8. The summed E-state index contributed by atoms with van der Waals surface area (Å²) in [7, 11) is 0. The van der Waals surface area contributed by atoms with E-state index in [0.717, 1.165) is 27.0 Å². The van der Waals surface area contributed by atoms with Crippen LogP contribution in [0.5, 0.6) is 5.75 Å². The number of halogens is 1. The van der Waals surface area contributed by atoms with Crippen molar-refractivity contribution in [2.75, 3.05) is 0 Å². The smallest absolute Gasteiger partial charge is 0.251 e. The first-order valence-corrected chi connectivity index (χ1v) is 10.2. The molecular formula is C24H19BrN4O. The van der Waals surface area contributed by atoms with Crippen molar-refractivity contribution in [3.63, 3.8) is 0 Å². The summed E-state index contributed by atoms with van der Waals surface area (Å²) in [5, 5.41) is 14.8. The lowest BCUT2D eigenvalue weighted by molar-refractivity contribution is 0.474. The number of rotatable bonds is 5.